The average Bonchev–Trinajstić information content (AvgIpc) is 2.36. The van der Waals surface area contributed by atoms with E-state index in [4.69, 9.17) is 4.74 Å². The Morgan fingerprint density at radius 2 is 1.79 bits per heavy atom. The lowest BCUT2D eigenvalue weighted by atomic mass is 9.83. The third-order valence-electron chi connectivity index (χ3n) is 3.55. The lowest BCUT2D eigenvalue weighted by Gasteiger charge is -2.35. The predicted octanol–water partition coefficient (Wildman–Crippen LogP) is 2.93. The minimum atomic E-state index is -2.09. The first-order chi connectivity index (χ1) is 8.79. The van der Waals surface area contributed by atoms with Gasteiger partial charge in [-0.3, -0.25) is 0 Å². The molecule has 0 spiro atoms. The second-order valence-corrected chi connectivity index (χ2v) is 5.62. The number of esters is 2. The van der Waals surface area contributed by atoms with E-state index in [-0.39, 0.29) is 0 Å². The van der Waals surface area contributed by atoms with Gasteiger partial charge in [-0.15, -0.1) is 0 Å². The molecule has 1 aliphatic carbocycles. The summed E-state index contributed by atoms with van der Waals surface area (Å²) in [6.45, 7) is 3.65. The molecule has 0 aromatic heterocycles. The molecular formula is C14H23FO4. The average molecular weight is 274 g/mol. The molecule has 19 heavy (non-hydrogen) atoms. The number of carbonyl (C=O) groups is 2. The number of hydrogen-bond donors (Lipinski definition) is 0. The molecule has 5 heteroatoms. The number of carbonyl (C=O) groups excluding carboxylic acids is 2. The van der Waals surface area contributed by atoms with E-state index in [0.717, 1.165) is 52.4 Å². The lowest BCUT2D eigenvalue weighted by Crippen LogP contribution is -2.38. The Bertz CT molecular complexity index is 327. The molecule has 0 unspecified atom stereocenters. The van der Waals surface area contributed by atoms with Crippen LogP contribution in [0.15, 0.2) is 0 Å². The van der Waals surface area contributed by atoms with Crippen molar-refractivity contribution in [3.8, 4) is 0 Å². The van der Waals surface area contributed by atoms with Crippen molar-refractivity contribution >= 4 is 11.9 Å². The van der Waals surface area contributed by atoms with Gasteiger partial charge < -0.3 is 9.47 Å². The fourth-order valence-corrected chi connectivity index (χ4v) is 2.29. The highest BCUT2D eigenvalue weighted by molar-refractivity contribution is 5.81. The van der Waals surface area contributed by atoms with E-state index in [1.165, 1.54) is 0 Å². The second kappa shape index (κ2) is 6.35. The zero-order chi connectivity index (χ0) is 14.5. The minimum absolute atomic E-state index is 0.424. The first kappa shape index (κ1) is 15.9. The van der Waals surface area contributed by atoms with Gasteiger partial charge in [0.05, 0.1) is 0 Å². The fraction of sp³-hybridized carbons (Fsp3) is 0.857. The van der Waals surface area contributed by atoms with Gasteiger partial charge in [0, 0.05) is 0 Å². The van der Waals surface area contributed by atoms with Gasteiger partial charge in [0.15, 0.2) is 6.61 Å². The molecule has 0 heterocycles. The van der Waals surface area contributed by atoms with Crippen molar-refractivity contribution in [3.05, 3.63) is 0 Å². The fourth-order valence-electron chi connectivity index (χ4n) is 2.29. The van der Waals surface area contributed by atoms with Gasteiger partial charge in [-0.2, -0.15) is 0 Å². The van der Waals surface area contributed by atoms with Crippen LogP contribution in [0.2, 0.25) is 0 Å². The third kappa shape index (κ3) is 4.80. The SMILES string of the molecule is CCC1(OC(=O)COC(=O)C(C)(C)F)CCCCC1. The number of ether oxygens (including phenoxy) is 2. The summed E-state index contributed by atoms with van der Waals surface area (Å²) in [5, 5.41) is 0. The molecule has 0 bridgehead atoms. The summed E-state index contributed by atoms with van der Waals surface area (Å²) in [4.78, 5) is 22.9. The Labute approximate surface area is 113 Å². The lowest BCUT2D eigenvalue weighted by molar-refractivity contribution is -0.176. The van der Waals surface area contributed by atoms with Crippen molar-refractivity contribution in [3.63, 3.8) is 0 Å². The second-order valence-electron chi connectivity index (χ2n) is 5.62. The molecule has 1 rings (SSSR count). The van der Waals surface area contributed by atoms with Crippen LogP contribution in [-0.2, 0) is 19.1 Å². The van der Waals surface area contributed by atoms with Crippen LogP contribution < -0.4 is 0 Å². The Morgan fingerprint density at radius 3 is 2.26 bits per heavy atom. The molecule has 0 aliphatic heterocycles. The van der Waals surface area contributed by atoms with E-state index >= 15 is 0 Å². The van der Waals surface area contributed by atoms with Gasteiger partial charge >= 0.3 is 11.9 Å². The molecule has 0 aromatic rings. The quantitative estimate of drug-likeness (QED) is 0.723. The normalized spacial score (nSPS) is 18.7. The van der Waals surface area contributed by atoms with Crippen molar-refractivity contribution in [2.24, 2.45) is 0 Å². The number of hydrogen-bond acceptors (Lipinski definition) is 4. The first-order valence-electron chi connectivity index (χ1n) is 6.87. The molecule has 0 saturated heterocycles. The minimum Gasteiger partial charge on any atom is -0.457 e. The maximum absolute atomic E-state index is 13.2. The van der Waals surface area contributed by atoms with Crippen molar-refractivity contribution in [1.82, 2.24) is 0 Å². The summed E-state index contributed by atoms with van der Waals surface area (Å²) in [6, 6.07) is 0. The Hall–Kier alpha value is -1.13. The molecule has 0 amide bonds. The zero-order valence-electron chi connectivity index (χ0n) is 12.0. The zero-order valence-corrected chi connectivity index (χ0v) is 12.0. The van der Waals surface area contributed by atoms with E-state index in [2.05, 4.69) is 4.74 Å². The van der Waals surface area contributed by atoms with Crippen LogP contribution in [0, 0.1) is 0 Å². The number of alkyl halides is 1. The van der Waals surface area contributed by atoms with Gasteiger partial charge in [-0.25, -0.2) is 14.0 Å². The Kier molecular flexibility index (Phi) is 5.32. The van der Waals surface area contributed by atoms with E-state index in [9.17, 15) is 14.0 Å². The monoisotopic (exact) mass is 274 g/mol. The van der Waals surface area contributed by atoms with Crippen molar-refractivity contribution < 1.29 is 23.5 Å². The summed E-state index contributed by atoms with van der Waals surface area (Å²) >= 11 is 0. The molecule has 110 valence electrons. The summed E-state index contributed by atoms with van der Waals surface area (Å²) in [7, 11) is 0. The maximum Gasteiger partial charge on any atom is 0.344 e. The summed E-state index contributed by atoms with van der Waals surface area (Å²) in [5.74, 6) is -1.64. The van der Waals surface area contributed by atoms with Crippen LogP contribution in [0.25, 0.3) is 0 Å². The van der Waals surface area contributed by atoms with Crippen LogP contribution in [0.5, 0.6) is 0 Å². The van der Waals surface area contributed by atoms with Crippen LogP contribution in [0.1, 0.15) is 59.3 Å². The Balaban J connectivity index is 2.44. The maximum atomic E-state index is 13.2. The molecule has 1 fully saturated rings. The molecular weight excluding hydrogens is 251 g/mol. The summed E-state index contributed by atoms with van der Waals surface area (Å²) in [5.41, 5.74) is -2.51. The molecule has 0 atom stereocenters. The third-order valence-corrected chi connectivity index (χ3v) is 3.55. The van der Waals surface area contributed by atoms with Gasteiger partial charge in [-0.05, 0) is 46.0 Å². The van der Waals surface area contributed by atoms with Gasteiger partial charge in [-0.1, -0.05) is 13.3 Å². The summed E-state index contributed by atoms with van der Waals surface area (Å²) < 4.78 is 23.3. The number of rotatable bonds is 5. The molecule has 0 radical (unpaired) electrons. The first-order valence-corrected chi connectivity index (χ1v) is 6.87. The number of halogens is 1. The van der Waals surface area contributed by atoms with E-state index < -0.39 is 29.8 Å². The molecule has 1 aliphatic rings. The van der Waals surface area contributed by atoms with Crippen molar-refractivity contribution in [2.75, 3.05) is 6.61 Å². The topological polar surface area (TPSA) is 52.6 Å². The molecule has 0 N–H and O–H groups in total. The predicted molar refractivity (Wildman–Crippen MR) is 68.3 cm³/mol. The highest BCUT2D eigenvalue weighted by atomic mass is 19.1. The van der Waals surface area contributed by atoms with E-state index in [1.54, 1.807) is 0 Å². The highest BCUT2D eigenvalue weighted by Crippen LogP contribution is 2.34. The van der Waals surface area contributed by atoms with Crippen LogP contribution in [0.3, 0.4) is 0 Å². The van der Waals surface area contributed by atoms with E-state index in [1.807, 2.05) is 6.92 Å². The highest BCUT2D eigenvalue weighted by Gasteiger charge is 2.35. The standard InChI is InChI=1S/C14H23FO4/c1-4-14(8-6-5-7-9-14)19-11(16)10-18-12(17)13(2,3)15/h4-10H2,1-3H3. The van der Waals surface area contributed by atoms with Crippen molar-refractivity contribution in [2.45, 2.75) is 70.6 Å². The van der Waals surface area contributed by atoms with Crippen LogP contribution >= 0.6 is 0 Å². The van der Waals surface area contributed by atoms with Crippen LogP contribution in [-0.4, -0.2) is 29.8 Å². The van der Waals surface area contributed by atoms with Crippen molar-refractivity contribution in [1.29, 1.82) is 0 Å². The van der Waals surface area contributed by atoms with Crippen LogP contribution in [0.4, 0.5) is 4.39 Å². The molecule has 4 nitrogen and oxygen atoms in total. The van der Waals surface area contributed by atoms with Gasteiger partial charge in [0.2, 0.25) is 5.67 Å². The molecule has 1 saturated carbocycles. The van der Waals surface area contributed by atoms with E-state index in [0.29, 0.717) is 0 Å². The smallest absolute Gasteiger partial charge is 0.344 e. The largest absolute Gasteiger partial charge is 0.457 e. The van der Waals surface area contributed by atoms with Gasteiger partial charge in [0.25, 0.3) is 0 Å². The summed E-state index contributed by atoms with van der Waals surface area (Å²) in [6.07, 6.45) is 5.68. The Morgan fingerprint density at radius 1 is 1.21 bits per heavy atom. The van der Waals surface area contributed by atoms with Gasteiger partial charge in [0.1, 0.15) is 5.60 Å². The molecule has 0 aromatic carbocycles.